The lowest BCUT2D eigenvalue weighted by atomic mass is 10.2. The van der Waals surface area contributed by atoms with Crippen LogP contribution in [0.25, 0.3) is 0 Å². The fourth-order valence-corrected chi connectivity index (χ4v) is 2.05. The Morgan fingerprint density at radius 2 is 2.15 bits per heavy atom. The third-order valence-corrected chi connectivity index (χ3v) is 3.33. The summed E-state index contributed by atoms with van der Waals surface area (Å²) in [5.41, 5.74) is 5.89. The third kappa shape index (κ3) is 5.08. The van der Waals surface area contributed by atoms with Gasteiger partial charge in [0, 0.05) is 5.69 Å². The van der Waals surface area contributed by atoms with E-state index in [0.29, 0.717) is 23.4 Å². The molecule has 0 aliphatic rings. The maximum absolute atomic E-state index is 13.4. The van der Waals surface area contributed by atoms with Crippen LogP contribution < -0.4 is 16.4 Å². The van der Waals surface area contributed by atoms with Gasteiger partial charge in [0.1, 0.15) is 11.9 Å². The summed E-state index contributed by atoms with van der Waals surface area (Å²) in [6.45, 7) is 1.64. The van der Waals surface area contributed by atoms with Crippen molar-refractivity contribution in [3.8, 4) is 0 Å². The zero-order chi connectivity index (χ0) is 15.1. The average Bonchev–Trinajstić information content (AvgIpc) is 2.38. The van der Waals surface area contributed by atoms with Gasteiger partial charge in [0.25, 0.3) is 0 Å². The lowest BCUT2D eigenvalue weighted by Gasteiger charge is -2.17. The lowest BCUT2D eigenvalue weighted by Crippen LogP contribution is -2.46. The summed E-state index contributed by atoms with van der Waals surface area (Å²) in [5, 5.41) is 4.95. The van der Waals surface area contributed by atoms with E-state index in [9.17, 15) is 14.0 Å². The molecule has 0 unspecified atom stereocenters. The minimum Gasteiger partial charge on any atom is -0.352 e. The standard InChI is InChI=1S/C13H18FN3O2S/c1-8-3-4-9(7-10(8)14)16-12(18)11(5-6-20-2)17-13(15)19/h3-4,7,11H,5-6H2,1-2H3,(H,16,18)(H3,15,17,19)/t11-/m1/s1. The molecule has 5 nitrogen and oxygen atoms in total. The first-order valence-corrected chi connectivity index (χ1v) is 7.45. The van der Waals surface area contributed by atoms with E-state index in [-0.39, 0.29) is 0 Å². The maximum atomic E-state index is 13.4. The maximum Gasteiger partial charge on any atom is 0.312 e. The molecule has 0 saturated heterocycles. The summed E-state index contributed by atoms with van der Waals surface area (Å²) in [6.07, 6.45) is 2.35. The summed E-state index contributed by atoms with van der Waals surface area (Å²) >= 11 is 1.55. The van der Waals surface area contributed by atoms with E-state index < -0.39 is 23.8 Å². The fourth-order valence-electron chi connectivity index (χ4n) is 1.58. The minimum absolute atomic E-state index is 0.346. The van der Waals surface area contributed by atoms with Gasteiger partial charge in [-0.15, -0.1) is 0 Å². The smallest absolute Gasteiger partial charge is 0.312 e. The van der Waals surface area contributed by atoms with E-state index >= 15 is 0 Å². The molecule has 0 radical (unpaired) electrons. The number of hydrogen-bond donors (Lipinski definition) is 3. The molecule has 0 bridgehead atoms. The first-order chi connectivity index (χ1) is 9.43. The largest absolute Gasteiger partial charge is 0.352 e. The van der Waals surface area contributed by atoms with Crippen molar-refractivity contribution in [3.63, 3.8) is 0 Å². The molecule has 110 valence electrons. The van der Waals surface area contributed by atoms with Gasteiger partial charge in [-0.1, -0.05) is 6.07 Å². The molecule has 3 amide bonds. The van der Waals surface area contributed by atoms with E-state index in [0.717, 1.165) is 0 Å². The molecule has 4 N–H and O–H groups in total. The third-order valence-electron chi connectivity index (χ3n) is 2.68. The number of anilines is 1. The Balaban J connectivity index is 2.73. The SMILES string of the molecule is CSCC[C@@H](NC(N)=O)C(=O)Nc1ccc(C)c(F)c1. The van der Waals surface area contributed by atoms with Crippen LogP contribution in [0.2, 0.25) is 0 Å². The normalized spacial score (nSPS) is 11.8. The Kier molecular flexibility index (Phi) is 6.30. The van der Waals surface area contributed by atoms with Crippen molar-refractivity contribution in [2.24, 2.45) is 5.73 Å². The molecule has 0 spiro atoms. The second kappa shape index (κ2) is 7.74. The highest BCUT2D eigenvalue weighted by molar-refractivity contribution is 7.98. The second-order valence-electron chi connectivity index (χ2n) is 4.30. The monoisotopic (exact) mass is 299 g/mol. The Morgan fingerprint density at radius 3 is 2.70 bits per heavy atom. The summed E-state index contributed by atoms with van der Waals surface area (Å²) in [7, 11) is 0. The number of aryl methyl sites for hydroxylation is 1. The van der Waals surface area contributed by atoms with Crippen LogP contribution >= 0.6 is 11.8 Å². The predicted molar refractivity (Wildman–Crippen MR) is 79.3 cm³/mol. The number of rotatable bonds is 6. The second-order valence-corrected chi connectivity index (χ2v) is 5.28. The molecule has 0 saturated carbocycles. The van der Waals surface area contributed by atoms with Gasteiger partial charge in [0.2, 0.25) is 5.91 Å². The highest BCUT2D eigenvalue weighted by Gasteiger charge is 2.19. The van der Waals surface area contributed by atoms with Crippen LogP contribution in [0.1, 0.15) is 12.0 Å². The van der Waals surface area contributed by atoms with Crippen molar-refractivity contribution >= 4 is 29.4 Å². The number of halogens is 1. The van der Waals surface area contributed by atoms with Crippen molar-refractivity contribution < 1.29 is 14.0 Å². The van der Waals surface area contributed by atoms with Crippen LogP contribution in [0, 0.1) is 12.7 Å². The number of carbonyl (C=O) groups is 2. The van der Waals surface area contributed by atoms with Crippen molar-refractivity contribution in [2.45, 2.75) is 19.4 Å². The van der Waals surface area contributed by atoms with Crippen molar-refractivity contribution in [2.75, 3.05) is 17.3 Å². The lowest BCUT2D eigenvalue weighted by molar-refractivity contribution is -0.117. The Morgan fingerprint density at radius 1 is 1.45 bits per heavy atom. The Bertz CT molecular complexity index is 497. The van der Waals surface area contributed by atoms with Gasteiger partial charge in [0.15, 0.2) is 0 Å². The molecule has 1 atom stereocenters. The Labute approximate surface area is 121 Å². The van der Waals surface area contributed by atoms with Gasteiger partial charge in [-0.05, 0) is 43.0 Å². The number of carbonyl (C=O) groups excluding carboxylic acids is 2. The van der Waals surface area contributed by atoms with Crippen LogP contribution in [0.15, 0.2) is 18.2 Å². The van der Waals surface area contributed by atoms with Crippen LogP contribution in [-0.4, -0.2) is 30.0 Å². The number of thioether (sulfide) groups is 1. The molecule has 1 aromatic carbocycles. The molecule has 1 rings (SSSR count). The van der Waals surface area contributed by atoms with Gasteiger partial charge >= 0.3 is 6.03 Å². The highest BCUT2D eigenvalue weighted by atomic mass is 32.2. The number of hydrogen-bond acceptors (Lipinski definition) is 3. The van der Waals surface area contributed by atoms with E-state index in [1.54, 1.807) is 30.8 Å². The van der Waals surface area contributed by atoms with Gasteiger partial charge < -0.3 is 16.4 Å². The van der Waals surface area contributed by atoms with Gasteiger partial charge in [-0.25, -0.2) is 9.18 Å². The van der Waals surface area contributed by atoms with Crippen molar-refractivity contribution in [3.05, 3.63) is 29.6 Å². The van der Waals surface area contributed by atoms with Gasteiger partial charge in [0.05, 0.1) is 0 Å². The molecule has 0 aromatic heterocycles. The van der Waals surface area contributed by atoms with E-state index in [2.05, 4.69) is 10.6 Å². The first kappa shape index (κ1) is 16.3. The zero-order valence-electron chi connectivity index (χ0n) is 11.4. The Hall–Kier alpha value is -1.76. The number of nitrogens with two attached hydrogens (primary N) is 1. The van der Waals surface area contributed by atoms with E-state index in [1.165, 1.54) is 6.07 Å². The van der Waals surface area contributed by atoms with Crippen LogP contribution in [0.5, 0.6) is 0 Å². The molecule has 20 heavy (non-hydrogen) atoms. The first-order valence-electron chi connectivity index (χ1n) is 6.06. The quantitative estimate of drug-likeness (QED) is 0.749. The van der Waals surface area contributed by atoms with Crippen LogP contribution in [0.3, 0.4) is 0 Å². The molecule has 7 heteroatoms. The average molecular weight is 299 g/mol. The number of urea groups is 1. The van der Waals surface area contributed by atoms with Crippen molar-refractivity contribution in [1.82, 2.24) is 5.32 Å². The van der Waals surface area contributed by atoms with Gasteiger partial charge in [-0.2, -0.15) is 11.8 Å². The predicted octanol–water partition coefficient (Wildman–Crippen LogP) is 1.86. The zero-order valence-corrected chi connectivity index (χ0v) is 12.2. The fraction of sp³-hybridized carbons (Fsp3) is 0.385. The minimum atomic E-state index is -0.763. The number of nitrogens with one attached hydrogen (secondary N) is 2. The van der Waals surface area contributed by atoms with E-state index in [1.807, 2.05) is 6.26 Å². The summed E-state index contributed by atoms with van der Waals surface area (Å²) in [4.78, 5) is 22.9. The molecule has 0 aliphatic carbocycles. The molecule has 0 fully saturated rings. The molecule has 0 heterocycles. The summed E-state index contributed by atoms with van der Waals surface area (Å²) in [5.74, 6) is -0.118. The highest BCUT2D eigenvalue weighted by Crippen LogP contribution is 2.14. The summed E-state index contributed by atoms with van der Waals surface area (Å²) < 4.78 is 13.4. The van der Waals surface area contributed by atoms with Crippen molar-refractivity contribution in [1.29, 1.82) is 0 Å². The number of amides is 3. The molecule has 0 aliphatic heterocycles. The molecule has 1 aromatic rings. The number of benzene rings is 1. The summed E-state index contributed by atoms with van der Waals surface area (Å²) in [6, 6.07) is 2.92. The van der Waals surface area contributed by atoms with Gasteiger partial charge in [-0.3, -0.25) is 4.79 Å². The topological polar surface area (TPSA) is 84.2 Å². The van der Waals surface area contributed by atoms with Crippen LogP contribution in [0.4, 0.5) is 14.9 Å². The van der Waals surface area contributed by atoms with E-state index in [4.69, 9.17) is 5.73 Å². The van der Waals surface area contributed by atoms with Crippen LogP contribution in [-0.2, 0) is 4.79 Å². The number of primary amides is 1. The molecular weight excluding hydrogens is 281 g/mol. The molecular formula is C13H18FN3O2S.